The SMILES string of the molecule is OCC(CO)(CO)NCc1ccccc1Cl. The Morgan fingerprint density at radius 3 is 2.12 bits per heavy atom. The van der Waals surface area contributed by atoms with E-state index in [2.05, 4.69) is 5.32 Å². The van der Waals surface area contributed by atoms with Gasteiger partial charge in [0.2, 0.25) is 0 Å². The number of benzene rings is 1. The maximum absolute atomic E-state index is 9.11. The number of aliphatic hydroxyl groups excluding tert-OH is 3. The molecule has 1 rings (SSSR count). The summed E-state index contributed by atoms with van der Waals surface area (Å²) < 4.78 is 0. The Labute approximate surface area is 99.5 Å². The Bertz CT molecular complexity index is 320. The first-order valence-corrected chi connectivity index (χ1v) is 5.36. The highest BCUT2D eigenvalue weighted by atomic mass is 35.5. The summed E-state index contributed by atoms with van der Waals surface area (Å²) in [6.45, 7) is -0.652. The van der Waals surface area contributed by atoms with Crippen LogP contribution in [0.1, 0.15) is 5.56 Å². The second-order valence-corrected chi connectivity index (χ2v) is 4.11. The lowest BCUT2D eigenvalue weighted by Gasteiger charge is -2.29. The van der Waals surface area contributed by atoms with E-state index in [1.54, 1.807) is 6.07 Å². The molecule has 0 aliphatic heterocycles. The zero-order chi connectivity index (χ0) is 12.0. The lowest BCUT2D eigenvalue weighted by Crippen LogP contribution is -2.54. The molecule has 0 aromatic heterocycles. The van der Waals surface area contributed by atoms with E-state index in [4.69, 9.17) is 26.9 Å². The van der Waals surface area contributed by atoms with Crippen molar-refractivity contribution in [2.75, 3.05) is 19.8 Å². The second kappa shape index (κ2) is 6.18. The van der Waals surface area contributed by atoms with E-state index in [1.807, 2.05) is 18.2 Å². The molecule has 0 fully saturated rings. The summed E-state index contributed by atoms with van der Waals surface area (Å²) in [4.78, 5) is 0. The topological polar surface area (TPSA) is 72.7 Å². The molecule has 5 heteroatoms. The monoisotopic (exact) mass is 245 g/mol. The molecule has 90 valence electrons. The van der Waals surface area contributed by atoms with Crippen molar-refractivity contribution in [3.8, 4) is 0 Å². The lowest BCUT2D eigenvalue weighted by molar-refractivity contribution is 0.0414. The minimum atomic E-state index is -1.07. The van der Waals surface area contributed by atoms with E-state index in [1.165, 1.54) is 0 Å². The maximum Gasteiger partial charge on any atom is 0.0884 e. The van der Waals surface area contributed by atoms with Gasteiger partial charge in [-0.25, -0.2) is 0 Å². The van der Waals surface area contributed by atoms with Crippen molar-refractivity contribution in [2.45, 2.75) is 12.1 Å². The minimum Gasteiger partial charge on any atom is -0.394 e. The number of hydrogen-bond donors (Lipinski definition) is 4. The summed E-state index contributed by atoms with van der Waals surface area (Å²) in [6.07, 6.45) is 0. The van der Waals surface area contributed by atoms with Gasteiger partial charge in [0, 0.05) is 11.6 Å². The summed E-state index contributed by atoms with van der Waals surface area (Å²) in [5, 5.41) is 30.8. The van der Waals surface area contributed by atoms with Crippen molar-refractivity contribution in [3.63, 3.8) is 0 Å². The molecule has 0 atom stereocenters. The summed E-state index contributed by atoms with van der Waals surface area (Å²) in [5.74, 6) is 0. The van der Waals surface area contributed by atoms with Crippen LogP contribution in [-0.4, -0.2) is 40.7 Å². The molecule has 4 N–H and O–H groups in total. The number of halogens is 1. The fraction of sp³-hybridized carbons (Fsp3) is 0.455. The normalized spacial score (nSPS) is 11.8. The highest BCUT2D eigenvalue weighted by molar-refractivity contribution is 6.31. The molecule has 0 aliphatic carbocycles. The third-order valence-corrected chi connectivity index (χ3v) is 2.89. The Balaban J connectivity index is 2.66. The molecular formula is C11H16ClNO3. The molecule has 0 unspecified atom stereocenters. The van der Waals surface area contributed by atoms with Gasteiger partial charge in [0.25, 0.3) is 0 Å². The van der Waals surface area contributed by atoms with Gasteiger partial charge in [-0.3, -0.25) is 0 Å². The predicted octanol–water partition coefficient (Wildman–Crippen LogP) is 0.145. The molecule has 0 radical (unpaired) electrons. The van der Waals surface area contributed by atoms with E-state index >= 15 is 0 Å². The van der Waals surface area contributed by atoms with E-state index < -0.39 is 5.54 Å². The van der Waals surface area contributed by atoms with Crippen LogP contribution >= 0.6 is 11.6 Å². The number of rotatable bonds is 6. The lowest BCUT2D eigenvalue weighted by atomic mass is 10.0. The highest BCUT2D eigenvalue weighted by Crippen LogP contribution is 2.15. The van der Waals surface area contributed by atoms with Crippen LogP contribution in [0.4, 0.5) is 0 Å². The van der Waals surface area contributed by atoms with Gasteiger partial charge in [-0.05, 0) is 11.6 Å². The molecule has 0 bridgehead atoms. The van der Waals surface area contributed by atoms with Crippen LogP contribution in [0.3, 0.4) is 0 Å². The van der Waals surface area contributed by atoms with E-state index in [0.29, 0.717) is 11.6 Å². The summed E-state index contributed by atoms with van der Waals surface area (Å²) in [7, 11) is 0. The van der Waals surface area contributed by atoms with Crippen molar-refractivity contribution in [1.29, 1.82) is 0 Å². The molecule has 16 heavy (non-hydrogen) atoms. The first kappa shape index (κ1) is 13.4. The van der Waals surface area contributed by atoms with Crippen LogP contribution < -0.4 is 5.32 Å². The van der Waals surface area contributed by atoms with Gasteiger partial charge in [0.15, 0.2) is 0 Å². The molecule has 0 aliphatic rings. The Morgan fingerprint density at radius 2 is 1.62 bits per heavy atom. The summed E-state index contributed by atoms with van der Waals surface area (Å²) in [5.41, 5.74) is -0.219. The largest absolute Gasteiger partial charge is 0.394 e. The average Bonchev–Trinajstić information content (AvgIpc) is 2.34. The highest BCUT2D eigenvalue weighted by Gasteiger charge is 2.27. The maximum atomic E-state index is 9.11. The molecule has 0 spiro atoms. The molecule has 1 aromatic carbocycles. The predicted molar refractivity (Wildman–Crippen MR) is 62.3 cm³/mol. The molecule has 1 aromatic rings. The smallest absolute Gasteiger partial charge is 0.0884 e. The van der Waals surface area contributed by atoms with Gasteiger partial charge in [-0.15, -0.1) is 0 Å². The molecule has 0 saturated heterocycles. The van der Waals surface area contributed by atoms with Crippen LogP contribution in [-0.2, 0) is 6.54 Å². The van der Waals surface area contributed by atoms with Gasteiger partial charge in [-0.2, -0.15) is 0 Å². The first-order valence-electron chi connectivity index (χ1n) is 4.98. The standard InChI is InChI=1S/C11H16ClNO3/c12-10-4-2-1-3-9(10)5-13-11(6-14,7-15)8-16/h1-4,13-16H,5-8H2. The molecule has 0 heterocycles. The van der Waals surface area contributed by atoms with Crippen molar-refractivity contribution in [3.05, 3.63) is 34.9 Å². The average molecular weight is 246 g/mol. The van der Waals surface area contributed by atoms with Crippen LogP contribution in [0.15, 0.2) is 24.3 Å². The molecular weight excluding hydrogens is 230 g/mol. The zero-order valence-corrected chi connectivity index (χ0v) is 9.61. The zero-order valence-electron chi connectivity index (χ0n) is 8.86. The third kappa shape index (κ3) is 3.17. The van der Waals surface area contributed by atoms with E-state index in [-0.39, 0.29) is 19.8 Å². The Morgan fingerprint density at radius 1 is 1.06 bits per heavy atom. The second-order valence-electron chi connectivity index (χ2n) is 3.70. The quantitative estimate of drug-likeness (QED) is 0.576. The first-order chi connectivity index (χ1) is 7.67. The van der Waals surface area contributed by atoms with Crippen LogP contribution in [0.25, 0.3) is 0 Å². The fourth-order valence-electron chi connectivity index (χ4n) is 1.24. The van der Waals surface area contributed by atoms with Crippen LogP contribution in [0.2, 0.25) is 5.02 Å². The van der Waals surface area contributed by atoms with Crippen molar-refractivity contribution < 1.29 is 15.3 Å². The Hall–Kier alpha value is -0.650. The fourth-order valence-corrected chi connectivity index (χ4v) is 1.44. The van der Waals surface area contributed by atoms with Gasteiger partial charge in [-0.1, -0.05) is 29.8 Å². The third-order valence-electron chi connectivity index (χ3n) is 2.52. The molecule has 4 nitrogen and oxygen atoms in total. The van der Waals surface area contributed by atoms with Crippen LogP contribution in [0.5, 0.6) is 0 Å². The number of aliphatic hydroxyl groups is 3. The van der Waals surface area contributed by atoms with Crippen molar-refractivity contribution in [2.24, 2.45) is 0 Å². The number of nitrogens with one attached hydrogen (secondary N) is 1. The van der Waals surface area contributed by atoms with E-state index in [0.717, 1.165) is 5.56 Å². The van der Waals surface area contributed by atoms with Gasteiger partial charge >= 0.3 is 0 Å². The molecule has 0 saturated carbocycles. The number of hydrogen-bond acceptors (Lipinski definition) is 4. The van der Waals surface area contributed by atoms with Crippen molar-refractivity contribution >= 4 is 11.6 Å². The summed E-state index contributed by atoms with van der Waals surface area (Å²) >= 11 is 5.96. The minimum absolute atomic E-state index is 0.343. The van der Waals surface area contributed by atoms with Crippen LogP contribution in [0, 0.1) is 0 Å². The van der Waals surface area contributed by atoms with Gasteiger partial charge < -0.3 is 20.6 Å². The molecule has 0 amide bonds. The van der Waals surface area contributed by atoms with Gasteiger partial charge in [0.05, 0.1) is 25.4 Å². The summed E-state index contributed by atoms with van der Waals surface area (Å²) in [6, 6.07) is 7.27. The Kier molecular flexibility index (Phi) is 5.18. The van der Waals surface area contributed by atoms with Crippen molar-refractivity contribution in [1.82, 2.24) is 5.32 Å². The van der Waals surface area contributed by atoms with Gasteiger partial charge in [0.1, 0.15) is 0 Å². The van der Waals surface area contributed by atoms with E-state index in [9.17, 15) is 0 Å².